The number of hydrogen-bond donors (Lipinski definition) is 1. The van der Waals surface area contributed by atoms with Crippen molar-refractivity contribution in [3.8, 4) is 0 Å². The quantitative estimate of drug-likeness (QED) is 0.797. The summed E-state index contributed by atoms with van der Waals surface area (Å²) in [5.41, 5.74) is 1.06. The van der Waals surface area contributed by atoms with Crippen LogP contribution in [-0.2, 0) is 19.6 Å². The first-order valence-electron chi connectivity index (χ1n) is 7.28. The van der Waals surface area contributed by atoms with Gasteiger partial charge in [-0.15, -0.1) is 0 Å². The first-order valence-corrected chi connectivity index (χ1v) is 7.28. The predicted octanol–water partition coefficient (Wildman–Crippen LogP) is 1.68. The van der Waals surface area contributed by atoms with Crippen molar-refractivity contribution in [3.05, 3.63) is 30.1 Å². The lowest BCUT2D eigenvalue weighted by molar-refractivity contribution is 0.527. The van der Waals surface area contributed by atoms with Crippen molar-refractivity contribution in [2.45, 2.75) is 46.8 Å². The minimum absolute atomic E-state index is 0.657. The van der Waals surface area contributed by atoms with E-state index in [0.717, 1.165) is 37.6 Å². The van der Waals surface area contributed by atoms with Crippen molar-refractivity contribution in [2.75, 3.05) is 6.54 Å². The summed E-state index contributed by atoms with van der Waals surface area (Å²) in [6.07, 6.45) is 4.66. The van der Waals surface area contributed by atoms with Gasteiger partial charge in [0.1, 0.15) is 18.7 Å². The molecule has 110 valence electrons. The highest BCUT2D eigenvalue weighted by Gasteiger charge is 2.06. The van der Waals surface area contributed by atoms with Crippen LogP contribution in [-0.4, -0.2) is 31.1 Å². The number of nitrogens with zero attached hydrogens (tertiary/aromatic N) is 5. The Morgan fingerprint density at radius 3 is 2.95 bits per heavy atom. The highest BCUT2D eigenvalue weighted by Crippen LogP contribution is 2.02. The van der Waals surface area contributed by atoms with Gasteiger partial charge in [-0.1, -0.05) is 20.8 Å². The fourth-order valence-electron chi connectivity index (χ4n) is 2.03. The van der Waals surface area contributed by atoms with Crippen LogP contribution < -0.4 is 5.32 Å². The van der Waals surface area contributed by atoms with E-state index in [1.807, 2.05) is 21.6 Å². The summed E-state index contributed by atoms with van der Waals surface area (Å²) in [6, 6.07) is 2.05. The first kappa shape index (κ1) is 14.7. The van der Waals surface area contributed by atoms with Gasteiger partial charge in [-0.25, -0.2) is 9.67 Å². The molecule has 2 aromatic heterocycles. The maximum Gasteiger partial charge on any atom is 0.148 e. The Kier molecular flexibility index (Phi) is 5.29. The summed E-state index contributed by atoms with van der Waals surface area (Å²) in [5, 5.41) is 12.2. The summed E-state index contributed by atoms with van der Waals surface area (Å²) >= 11 is 0. The van der Waals surface area contributed by atoms with E-state index in [2.05, 4.69) is 41.3 Å². The summed E-state index contributed by atoms with van der Waals surface area (Å²) in [6.45, 7) is 9.93. The number of hydrogen-bond acceptors (Lipinski definition) is 4. The molecule has 0 unspecified atom stereocenters. The van der Waals surface area contributed by atoms with E-state index >= 15 is 0 Å². The second kappa shape index (κ2) is 7.19. The monoisotopic (exact) mass is 276 g/mol. The third-order valence-corrected chi connectivity index (χ3v) is 2.99. The Labute approximate surface area is 120 Å². The minimum atomic E-state index is 0.657. The van der Waals surface area contributed by atoms with E-state index in [4.69, 9.17) is 0 Å². The molecular formula is C14H24N6. The van der Waals surface area contributed by atoms with E-state index in [1.165, 1.54) is 0 Å². The molecule has 0 amide bonds. The fourth-order valence-corrected chi connectivity index (χ4v) is 2.03. The largest absolute Gasteiger partial charge is 0.311 e. The lowest BCUT2D eigenvalue weighted by Crippen LogP contribution is -2.19. The second-order valence-corrected chi connectivity index (χ2v) is 5.43. The van der Waals surface area contributed by atoms with Crippen molar-refractivity contribution < 1.29 is 0 Å². The zero-order chi connectivity index (χ0) is 14.4. The Bertz CT molecular complexity index is 513. The smallest absolute Gasteiger partial charge is 0.148 e. The summed E-state index contributed by atoms with van der Waals surface area (Å²) in [4.78, 5) is 4.30. The van der Waals surface area contributed by atoms with E-state index in [0.29, 0.717) is 12.5 Å². The van der Waals surface area contributed by atoms with E-state index in [1.54, 1.807) is 6.33 Å². The van der Waals surface area contributed by atoms with Gasteiger partial charge >= 0.3 is 0 Å². The van der Waals surface area contributed by atoms with Gasteiger partial charge in [0, 0.05) is 19.3 Å². The Hall–Kier alpha value is -1.69. The third kappa shape index (κ3) is 4.16. The van der Waals surface area contributed by atoms with E-state index < -0.39 is 0 Å². The molecule has 0 aromatic carbocycles. The van der Waals surface area contributed by atoms with Crippen LogP contribution in [0.2, 0.25) is 0 Å². The topological polar surface area (TPSA) is 60.6 Å². The predicted molar refractivity (Wildman–Crippen MR) is 78.2 cm³/mol. The van der Waals surface area contributed by atoms with Gasteiger partial charge in [0.15, 0.2) is 0 Å². The van der Waals surface area contributed by atoms with Gasteiger partial charge in [-0.2, -0.15) is 10.2 Å². The Morgan fingerprint density at radius 1 is 1.35 bits per heavy atom. The molecule has 0 saturated carbocycles. The molecule has 0 bridgehead atoms. The molecule has 2 heterocycles. The van der Waals surface area contributed by atoms with Crippen LogP contribution in [0.15, 0.2) is 18.6 Å². The SMILES string of the molecule is CCCn1ncnc1Cn1ccc(CNCC(C)C)n1. The van der Waals surface area contributed by atoms with Crippen molar-refractivity contribution in [2.24, 2.45) is 5.92 Å². The molecule has 0 radical (unpaired) electrons. The zero-order valence-corrected chi connectivity index (χ0v) is 12.6. The average molecular weight is 276 g/mol. The summed E-state index contributed by atoms with van der Waals surface area (Å²) in [5.74, 6) is 1.61. The van der Waals surface area contributed by atoms with Crippen LogP contribution in [0.5, 0.6) is 0 Å². The highest BCUT2D eigenvalue weighted by atomic mass is 15.4. The lowest BCUT2D eigenvalue weighted by atomic mass is 10.2. The molecule has 2 rings (SSSR count). The molecule has 0 saturated heterocycles. The van der Waals surface area contributed by atoms with Crippen molar-refractivity contribution in [1.82, 2.24) is 29.9 Å². The van der Waals surface area contributed by atoms with Gasteiger partial charge in [-0.3, -0.25) is 4.68 Å². The number of rotatable bonds is 8. The van der Waals surface area contributed by atoms with Gasteiger partial charge in [0.05, 0.1) is 5.69 Å². The lowest BCUT2D eigenvalue weighted by Gasteiger charge is -2.06. The number of aromatic nitrogens is 5. The van der Waals surface area contributed by atoms with Crippen LogP contribution in [0.1, 0.15) is 38.7 Å². The van der Waals surface area contributed by atoms with Crippen molar-refractivity contribution in [1.29, 1.82) is 0 Å². The van der Waals surface area contributed by atoms with Crippen LogP contribution in [0, 0.1) is 5.92 Å². The Morgan fingerprint density at radius 2 is 2.20 bits per heavy atom. The van der Waals surface area contributed by atoms with Gasteiger partial charge in [0.2, 0.25) is 0 Å². The summed E-state index contributed by atoms with van der Waals surface area (Å²) < 4.78 is 3.86. The van der Waals surface area contributed by atoms with Crippen LogP contribution in [0.3, 0.4) is 0 Å². The average Bonchev–Trinajstić information content (AvgIpc) is 3.01. The van der Waals surface area contributed by atoms with E-state index in [-0.39, 0.29) is 0 Å². The third-order valence-electron chi connectivity index (χ3n) is 2.99. The fraction of sp³-hybridized carbons (Fsp3) is 0.643. The summed E-state index contributed by atoms with van der Waals surface area (Å²) in [7, 11) is 0. The van der Waals surface area contributed by atoms with Crippen LogP contribution in [0.25, 0.3) is 0 Å². The maximum atomic E-state index is 4.56. The minimum Gasteiger partial charge on any atom is -0.311 e. The molecule has 0 aliphatic rings. The number of aryl methyl sites for hydroxylation is 1. The molecule has 0 spiro atoms. The van der Waals surface area contributed by atoms with Crippen LogP contribution >= 0.6 is 0 Å². The van der Waals surface area contributed by atoms with Crippen molar-refractivity contribution >= 4 is 0 Å². The normalized spacial score (nSPS) is 11.4. The molecule has 0 atom stereocenters. The molecule has 6 heteroatoms. The molecule has 1 N–H and O–H groups in total. The van der Waals surface area contributed by atoms with Crippen LogP contribution in [0.4, 0.5) is 0 Å². The first-order chi connectivity index (χ1) is 9.69. The molecule has 0 aliphatic heterocycles. The van der Waals surface area contributed by atoms with Gasteiger partial charge in [-0.05, 0) is 24.9 Å². The molecular weight excluding hydrogens is 252 g/mol. The van der Waals surface area contributed by atoms with E-state index in [9.17, 15) is 0 Å². The van der Waals surface area contributed by atoms with Gasteiger partial charge < -0.3 is 5.32 Å². The zero-order valence-electron chi connectivity index (χ0n) is 12.6. The Balaban J connectivity index is 1.90. The molecule has 6 nitrogen and oxygen atoms in total. The second-order valence-electron chi connectivity index (χ2n) is 5.43. The number of nitrogens with one attached hydrogen (secondary N) is 1. The standard InChI is InChI=1S/C14H24N6/c1-4-6-20-14(16-11-17-20)10-19-7-5-13(18-19)9-15-8-12(2)3/h5,7,11-12,15H,4,6,8-10H2,1-3H3. The van der Waals surface area contributed by atoms with Gasteiger partial charge in [0.25, 0.3) is 0 Å². The molecule has 2 aromatic rings. The molecule has 0 fully saturated rings. The molecule has 20 heavy (non-hydrogen) atoms. The highest BCUT2D eigenvalue weighted by molar-refractivity contribution is 5.00. The maximum absolute atomic E-state index is 4.56. The molecule has 0 aliphatic carbocycles. The van der Waals surface area contributed by atoms with Crippen molar-refractivity contribution in [3.63, 3.8) is 0 Å².